The summed E-state index contributed by atoms with van der Waals surface area (Å²) in [7, 11) is 6.02. The zero-order valence-electron chi connectivity index (χ0n) is 10.9. The van der Waals surface area contributed by atoms with Crippen LogP contribution in [0.1, 0.15) is 0 Å². The van der Waals surface area contributed by atoms with Gasteiger partial charge in [0.2, 0.25) is 0 Å². The van der Waals surface area contributed by atoms with Gasteiger partial charge in [0, 0.05) is 19.2 Å². The molecular formula is C12H17NO5. The largest absolute Gasteiger partial charge is 0.496 e. The highest BCUT2D eigenvalue weighted by Crippen LogP contribution is 2.41. The predicted molar refractivity (Wildman–Crippen MR) is 66.6 cm³/mol. The van der Waals surface area contributed by atoms with Gasteiger partial charge in [0.1, 0.15) is 29.5 Å². The summed E-state index contributed by atoms with van der Waals surface area (Å²) in [5.74, 6) is 0.945. The highest BCUT2D eigenvalue weighted by molar-refractivity contribution is 5.97. The Morgan fingerprint density at radius 2 is 1.67 bits per heavy atom. The monoisotopic (exact) mass is 255 g/mol. The molecule has 0 saturated carbocycles. The van der Waals surface area contributed by atoms with Gasteiger partial charge in [0.15, 0.2) is 0 Å². The molecule has 0 unspecified atom stereocenters. The predicted octanol–water partition coefficient (Wildman–Crippen LogP) is 0.667. The number of benzene rings is 1. The minimum Gasteiger partial charge on any atom is -0.496 e. The summed E-state index contributed by atoms with van der Waals surface area (Å²) in [5, 5.41) is 8.90. The Kier molecular flexibility index (Phi) is 4.79. The third kappa shape index (κ3) is 2.65. The van der Waals surface area contributed by atoms with E-state index < -0.39 is 12.5 Å². The molecule has 0 radical (unpaired) electrons. The van der Waals surface area contributed by atoms with Gasteiger partial charge in [-0.2, -0.15) is 0 Å². The summed E-state index contributed by atoms with van der Waals surface area (Å²) >= 11 is 0. The number of aliphatic hydroxyl groups is 1. The highest BCUT2D eigenvalue weighted by Gasteiger charge is 2.21. The van der Waals surface area contributed by atoms with Crippen molar-refractivity contribution < 1.29 is 24.1 Å². The van der Waals surface area contributed by atoms with Crippen molar-refractivity contribution in [3.63, 3.8) is 0 Å². The van der Waals surface area contributed by atoms with Crippen molar-refractivity contribution in [3.8, 4) is 17.2 Å². The van der Waals surface area contributed by atoms with Gasteiger partial charge < -0.3 is 24.2 Å². The number of hydrogen-bond donors (Lipinski definition) is 1. The molecule has 6 heteroatoms. The zero-order valence-corrected chi connectivity index (χ0v) is 10.9. The Morgan fingerprint density at radius 3 is 2.00 bits per heavy atom. The van der Waals surface area contributed by atoms with Crippen molar-refractivity contribution in [1.82, 2.24) is 0 Å². The van der Waals surface area contributed by atoms with Crippen molar-refractivity contribution in [2.45, 2.75) is 0 Å². The molecule has 1 aromatic rings. The van der Waals surface area contributed by atoms with Crippen LogP contribution in [0.2, 0.25) is 0 Å². The number of anilines is 1. The molecule has 0 aromatic heterocycles. The average molecular weight is 255 g/mol. The molecular weight excluding hydrogens is 238 g/mol. The topological polar surface area (TPSA) is 68.2 Å². The number of ether oxygens (including phenoxy) is 3. The van der Waals surface area contributed by atoms with Crippen LogP contribution in [0.5, 0.6) is 17.2 Å². The molecule has 0 heterocycles. The van der Waals surface area contributed by atoms with E-state index in [0.717, 1.165) is 0 Å². The molecule has 6 nitrogen and oxygen atoms in total. The van der Waals surface area contributed by atoms with Crippen LogP contribution in [0.3, 0.4) is 0 Å². The summed E-state index contributed by atoms with van der Waals surface area (Å²) < 4.78 is 15.5. The van der Waals surface area contributed by atoms with Gasteiger partial charge in [-0.15, -0.1) is 0 Å². The zero-order chi connectivity index (χ0) is 13.7. The molecule has 1 N–H and O–H groups in total. The quantitative estimate of drug-likeness (QED) is 0.837. The van der Waals surface area contributed by atoms with E-state index in [2.05, 4.69) is 0 Å². The van der Waals surface area contributed by atoms with Crippen molar-refractivity contribution in [3.05, 3.63) is 12.1 Å². The van der Waals surface area contributed by atoms with E-state index in [-0.39, 0.29) is 0 Å². The number of likely N-dealkylation sites (N-methyl/N-ethyl adjacent to an activating group) is 1. The van der Waals surface area contributed by atoms with Crippen molar-refractivity contribution >= 4 is 11.6 Å². The molecule has 0 aliphatic heterocycles. The van der Waals surface area contributed by atoms with Gasteiger partial charge in [-0.3, -0.25) is 4.79 Å². The van der Waals surface area contributed by atoms with Gasteiger partial charge in [-0.05, 0) is 0 Å². The molecule has 1 amide bonds. The Hall–Kier alpha value is -1.95. The fourth-order valence-electron chi connectivity index (χ4n) is 1.55. The van der Waals surface area contributed by atoms with E-state index in [1.807, 2.05) is 0 Å². The van der Waals surface area contributed by atoms with E-state index in [1.165, 1.54) is 33.3 Å². The van der Waals surface area contributed by atoms with Crippen LogP contribution in [0, 0.1) is 0 Å². The second-order valence-electron chi connectivity index (χ2n) is 3.49. The highest BCUT2D eigenvalue weighted by atomic mass is 16.5. The van der Waals surface area contributed by atoms with Crippen molar-refractivity contribution in [2.24, 2.45) is 0 Å². The first-order valence-corrected chi connectivity index (χ1v) is 5.26. The number of aliphatic hydroxyl groups excluding tert-OH is 1. The molecule has 0 bridgehead atoms. The minimum atomic E-state index is -0.588. The molecule has 1 aromatic carbocycles. The molecule has 0 aliphatic carbocycles. The fraction of sp³-hybridized carbons (Fsp3) is 0.417. The number of carbonyl (C=O) groups excluding carboxylic acids is 1. The third-order valence-electron chi connectivity index (χ3n) is 2.53. The molecule has 0 aliphatic rings. The van der Waals surface area contributed by atoms with Crippen LogP contribution in [0.25, 0.3) is 0 Å². The number of methoxy groups -OCH3 is 3. The molecule has 1 rings (SSSR count). The normalized spacial score (nSPS) is 9.83. The molecule has 0 spiro atoms. The Balaban J connectivity index is 3.35. The van der Waals surface area contributed by atoms with Crippen LogP contribution in [0.15, 0.2) is 12.1 Å². The summed E-state index contributed by atoms with van der Waals surface area (Å²) in [4.78, 5) is 12.8. The van der Waals surface area contributed by atoms with Crippen LogP contribution in [0.4, 0.5) is 5.69 Å². The maximum absolute atomic E-state index is 11.5. The van der Waals surface area contributed by atoms with Crippen molar-refractivity contribution in [2.75, 3.05) is 39.9 Å². The fourth-order valence-corrected chi connectivity index (χ4v) is 1.55. The second-order valence-corrected chi connectivity index (χ2v) is 3.49. The standard InChI is InChI=1S/C12H17NO5/c1-13(11(15)7-14)12-9(17-3)5-8(16-2)6-10(12)18-4/h5-6,14H,7H2,1-4H3. The third-order valence-corrected chi connectivity index (χ3v) is 2.53. The lowest BCUT2D eigenvalue weighted by Gasteiger charge is -2.22. The summed E-state index contributed by atoms with van der Waals surface area (Å²) in [6, 6.07) is 3.28. The molecule has 0 saturated heterocycles. The van der Waals surface area contributed by atoms with E-state index >= 15 is 0 Å². The SMILES string of the molecule is COc1cc(OC)c(N(C)C(=O)CO)c(OC)c1. The lowest BCUT2D eigenvalue weighted by atomic mass is 10.2. The van der Waals surface area contributed by atoms with E-state index in [4.69, 9.17) is 19.3 Å². The van der Waals surface area contributed by atoms with E-state index in [0.29, 0.717) is 22.9 Å². The maximum Gasteiger partial charge on any atom is 0.252 e. The van der Waals surface area contributed by atoms with Crippen LogP contribution in [-0.4, -0.2) is 46.0 Å². The first-order chi connectivity index (χ1) is 8.58. The van der Waals surface area contributed by atoms with Gasteiger partial charge in [0.05, 0.1) is 21.3 Å². The maximum atomic E-state index is 11.5. The van der Waals surface area contributed by atoms with Crippen LogP contribution < -0.4 is 19.1 Å². The number of carbonyl (C=O) groups is 1. The van der Waals surface area contributed by atoms with Crippen LogP contribution in [-0.2, 0) is 4.79 Å². The average Bonchev–Trinajstić information content (AvgIpc) is 2.43. The number of rotatable bonds is 5. The Morgan fingerprint density at radius 1 is 1.17 bits per heavy atom. The van der Waals surface area contributed by atoms with E-state index in [1.54, 1.807) is 12.1 Å². The second kappa shape index (κ2) is 6.11. The van der Waals surface area contributed by atoms with Gasteiger partial charge in [-0.1, -0.05) is 0 Å². The lowest BCUT2D eigenvalue weighted by Crippen LogP contribution is -2.29. The lowest BCUT2D eigenvalue weighted by molar-refractivity contribution is -0.121. The first kappa shape index (κ1) is 14.1. The first-order valence-electron chi connectivity index (χ1n) is 5.26. The van der Waals surface area contributed by atoms with Gasteiger partial charge >= 0.3 is 0 Å². The smallest absolute Gasteiger partial charge is 0.252 e. The number of amides is 1. The number of nitrogens with zero attached hydrogens (tertiary/aromatic N) is 1. The minimum absolute atomic E-state index is 0.426. The molecule has 18 heavy (non-hydrogen) atoms. The molecule has 0 atom stereocenters. The Labute approximate surface area is 106 Å². The summed E-state index contributed by atoms with van der Waals surface area (Å²) in [5.41, 5.74) is 0.444. The molecule has 0 fully saturated rings. The number of hydrogen-bond acceptors (Lipinski definition) is 5. The van der Waals surface area contributed by atoms with Gasteiger partial charge in [0.25, 0.3) is 5.91 Å². The van der Waals surface area contributed by atoms with Crippen LogP contribution >= 0.6 is 0 Å². The Bertz CT molecular complexity index is 407. The summed E-state index contributed by atoms with van der Waals surface area (Å²) in [6.45, 7) is -0.588. The van der Waals surface area contributed by atoms with Gasteiger partial charge in [-0.25, -0.2) is 0 Å². The summed E-state index contributed by atoms with van der Waals surface area (Å²) in [6.07, 6.45) is 0. The molecule has 100 valence electrons. The van der Waals surface area contributed by atoms with Crippen molar-refractivity contribution in [1.29, 1.82) is 0 Å². The van der Waals surface area contributed by atoms with E-state index in [9.17, 15) is 4.79 Å².